The Kier molecular flexibility index (Phi) is 3.50. The number of rotatable bonds is 3. The first-order valence-corrected chi connectivity index (χ1v) is 5.45. The zero-order valence-corrected chi connectivity index (χ0v) is 9.07. The molecule has 1 N–H and O–H groups in total. The van der Waals surface area contributed by atoms with Crippen LogP contribution in [0.5, 0.6) is 0 Å². The number of hydrogen-bond donors (Lipinski definition) is 1. The van der Waals surface area contributed by atoms with Crippen molar-refractivity contribution in [3.05, 3.63) is 18.0 Å². The predicted molar refractivity (Wildman–Crippen MR) is 58.8 cm³/mol. The highest BCUT2D eigenvalue weighted by Gasteiger charge is 2.13. The molecule has 0 aliphatic carbocycles. The van der Waals surface area contributed by atoms with Gasteiger partial charge in [0.2, 0.25) is 5.95 Å². The van der Waals surface area contributed by atoms with Crippen LogP contribution in [0.4, 0.5) is 5.95 Å². The Morgan fingerprint density at radius 2 is 2.00 bits per heavy atom. The van der Waals surface area contributed by atoms with Crippen molar-refractivity contribution in [2.75, 3.05) is 25.1 Å². The average Bonchev–Trinajstić information content (AvgIpc) is 2.30. The molecule has 0 radical (unpaired) electrons. The minimum atomic E-state index is 0.698. The third kappa shape index (κ3) is 3.16. The van der Waals surface area contributed by atoms with Gasteiger partial charge in [0.25, 0.3) is 0 Å². The molecule has 1 aromatic heterocycles. The summed E-state index contributed by atoms with van der Waals surface area (Å²) in [5.74, 6) is 1.43. The molecule has 2 heterocycles. The van der Waals surface area contributed by atoms with Gasteiger partial charge in [0.15, 0.2) is 0 Å². The Bertz CT molecular complexity index is 293. The lowest BCUT2D eigenvalue weighted by Gasteiger charge is -2.22. The predicted octanol–water partition coefficient (Wildman–Crippen LogP) is 1.62. The normalized spacial score (nSPS) is 17.7. The first kappa shape index (κ1) is 10.4. The molecule has 1 fully saturated rings. The summed E-state index contributed by atoms with van der Waals surface area (Å²) in [5.41, 5.74) is 1.09. The number of aromatic nitrogens is 2. The lowest BCUT2D eigenvalue weighted by molar-refractivity contribution is 0.0699. The van der Waals surface area contributed by atoms with Crippen LogP contribution in [0, 0.1) is 12.8 Å². The Hall–Kier alpha value is -1.16. The van der Waals surface area contributed by atoms with Gasteiger partial charge >= 0.3 is 0 Å². The van der Waals surface area contributed by atoms with E-state index in [2.05, 4.69) is 15.3 Å². The maximum atomic E-state index is 5.31. The van der Waals surface area contributed by atoms with E-state index in [0.29, 0.717) is 5.92 Å². The molecule has 2 rings (SSSR count). The van der Waals surface area contributed by atoms with Gasteiger partial charge in [-0.2, -0.15) is 0 Å². The summed E-state index contributed by atoms with van der Waals surface area (Å²) in [6.45, 7) is 4.72. The smallest absolute Gasteiger partial charge is 0.222 e. The standard InChI is InChI=1S/C11H17N3O/c1-9-6-12-11(13-7-9)14-8-10-2-4-15-5-3-10/h6-7,10H,2-5,8H2,1H3,(H,12,13,14). The SMILES string of the molecule is Cc1cnc(NCC2CCOCC2)nc1. The Labute approximate surface area is 90.1 Å². The molecule has 0 bridgehead atoms. The van der Waals surface area contributed by atoms with Crippen molar-refractivity contribution in [3.8, 4) is 0 Å². The van der Waals surface area contributed by atoms with E-state index >= 15 is 0 Å². The molecule has 1 aliphatic rings. The molecule has 0 saturated carbocycles. The molecule has 4 nitrogen and oxygen atoms in total. The fourth-order valence-corrected chi connectivity index (χ4v) is 1.67. The van der Waals surface area contributed by atoms with Gasteiger partial charge in [-0.25, -0.2) is 9.97 Å². The second-order valence-electron chi connectivity index (χ2n) is 4.02. The van der Waals surface area contributed by atoms with Crippen molar-refractivity contribution in [1.82, 2.24) is 9.97 Å². The van der Waals surface area contributed by atoms with Crippen molar-refractivity contribution < 1.29 is 4.74 Å². The van der Waals surface area contributed by atoms with Gasteiger partial charge in [-0.3, -0.25) is 0 Å². The third-order valence-electron chi connectivity index (χ3n) is 2.67. The van der Waals surface area contributed by atoms with Crippen molar-refractivity contribution in [2.45, 2.75) is 19.8 Å². The van der Waals surface area contributed by atoms with Gasteiger partial charge in [0.05, 0.1) is 0 Å². The Balaban J connectivity index is 1.79. The number of hydrogen-bond acceptors (Lipinski definition) is 4. The van der Waals surface area contributed by atoms with Crippen LogP contribution < -0.4 is 5.32 Å². The molecule has 1 saturated heterocycles. The summed E-state index contributed by atoms with van der Waals surface area (Å²) in [6.07, 6.45) is 5.94. The van der Waals surface area contributed by atoms with Crippen LogP contribution in [-0.2, 0) is 4.74 Å². The van der Waals surface area contributed by atoms with E-state index in [1.807, 2.05) is 19.3 Å². The van der Waals surface area contributed by atoms with E-state index in [1.54, 1.807) is 0 Å². The van der Waals surface area contributed by atoms with Crippen molar-refractivity contribution in [1.29, 1.82) is 0 Å². The molecular weight excluding hydrogens is 190 g/mol. The van der Waals surface area contributed by atoms with Crippen LogP contribution in [0.25, 0.3) is 0 Å². The zero-order chi connectivity index (χ0) is 10.5. The quantitative estimate of drug-likeness (QED) is 0.818. The maximum absolute atomic E-state index is 5.31. The fourth-order valence-electron chi connectivity index (χ4n) is 1.67. The fraction of sp³-hybridized carbons (Fsp3) is 0.636. The second kappa shape index (κ2) is 5.07. The summed E-state index contributed by atoms with van der Waals surface area (Å²) in [5, 5.41) is 3.26. The number of aryl methyl sites for hydroxylation is 1. The molecule has 0 amide bonds. The molecule has 15 heavy (non-hydrogen) atoms. The molecule has 4 heteroatoms. The summed E-state index contributed by atoms with van der Waals surface area (Å²) in [7, 11) is 0. The highest BCUT2D eigenvalue weighted by atomic mass is 16.5. The van der Waals surface area contributed by atoms with E-state index in [-0.39, 0.29) is 0 Å². The zero-order valence-electron chi connectivity index (χ0n) is 9.07. The number of nitrogens with zero attached hydrogens (tertiary/aromatic N) is 2. The number of anilines is 1. The molecular formula is C11H17N3O. The minimum absolute atomic E-state index is 0.698. The van der Waals surface area contributed by atoms with E-state index < -0.39 is 0 Å². The van der Waals surface area contributed by atoms with Crippen LogP contribution in [-0.4, -0.2) is 29.7 Å². The monoisotopic (exact) mass is 207 g/mol. The van der Waals surface area contributed by atoms with E-state index in [1.165, 1.54) is 0 Å². The highest BCUT2D eigenvalue weighted by molar-refractivity contribution is 5.24. The topological polar surface area (TPSA) is 47.0 Å². The highest BCUT2D eigenvalue weighted by Crippen LogP contribution is 2.14. The molecule has 0 aromatic carbocycles. The second-order valence-corrected chi connectivity index (χ2v) is 4.02. The van der Waals surface area contributed by atoms with Crippen LogP contribution in [0.2, 0.25) is 0 Å². The number of nitrogens with one attached hydrogen (secondary N) is 1. The lowest BCUT2D eigenvalue weighted by atomic mass is 10.0. The van der Waals surface area contributed by atoms with Crippen molar-refractivity contribution in [2.24, 2.45) is 5.92 Å². The van der Waals surface area contributed by atoms with E-state index in [0.717, 1.165) is 44.1 Å². The molecule has 0 atom stereocenters. The van der Waals surface area contributed by atoms with Crippen molar-refractivity contribution >= 4 is 5.95 Å². The molecule has 82 valence electrons. The van der Waals surface area contributed by atoms with Gasteiger partial charge < -0.3 is 10.1 Å². The van der Waals surface area contributed by atoms with Gasteiger partial charge in [-0.1, -0.05) is 0 Å². The van der Waals surface area contributed by atoms with Crippen molar-refractivity contribution in [3.63, 3.8) is 0 Å². The third-order valence-corrected chi connectivity index (χ3v) is 2.67. The minimum Gasteiger partial charge on any atom is -0.381 e. The molecule has 0 unspecified atom stereocenters. The first-order chi connectivity index (χ1) is 7.34. The summed E-state index contributed by atoms with van der Waals surface area (Å²) >= 11 is 0. The number of ether oxygens (including phenoxy) is 1. The van der Waals surface area contributed by atoms with Crippen LogP contribution in [0.1, 0.15) is 18.4 Å². The maximum Gasteiger partial charge on any atom is 0.222 e. The van der Waals surface area contributed by atoms with Crippen LogP contribution >= 0.6 is 0 Å². The van der Waals surface area contributed by atoms with E-state index in [4.69, 9.17) is 4.74 Å². The lowest BCUT2D eigenvalue weighted by Crippen LogP contribution is -2.23. The molecule has 1 aliphatic heterocycles. The van der Waals surface area contributed by atoms with Gasteiger partial charge in [0, 0.05) is 32.2 Å². The van der Waals surface area contributed by atoms with Crippen LogP contribution in [0.3, 0.4) is 0 Å². The average molecular weight is 207 g/mol. The summed E-state index contributed by atoms with van der Waals surface area (Å²) in [6, 6.07) is 0. The van der Waals surface area contributed by atoms with E-state index in [9.17, 15) is 0 Å². The van der Waals surface area contributed by atoms with Gasteiger partial charge in [-0.05, 0) is 31.2 Å². The summed E-state index contributed by atoms with van der Waals surface area (Å²) < 4.78 is 5.31. The molecule has 1 aromatic rings. The largest absolute Gasteiger partial charge is 0.381 e. The molecule has 0 spiro atoms. The first-order valence-electron chi connectivity index (χ1n) is 5.45. The Morgan fingerprint density at radius 3 is 2.67 bits per heavy atom. The van der Waals surface area contributed by atoms with Gasteiger partial charge in [0.1, 0.15) is 0 Å². The van der Waals surface area contributed by atoms with Crippen LogP contribution in [0.15, 0.2) is 12.4 Å². The van der Waals surface area contributed by atoms with Gasteiger partial charge in [-0.15, -0.1) is 0 Å². The Morgan fingerprint density at radius 1 is 1.33 bits per heavy atom. The summed E-state index contributed by atoms with van der Waals surface area (Å²) in [4.78, 5) is 8.42.